The molecule has 0 saturated carbocycles. The van der Waals surface area contributed by atoms with Gasteiger partial charge >= 0.3 is 5.97 Å². The highest BCUT2D eigenvalue weighted by Gasteiger charge is 2.13. The van der Waals surface area contributed by atoms with Crippen molar-refractivity contribution in [1.82, 2.24) is 9.97 Å². The third-order valence-electron chi connectivity index (χ3n) is 2.01. The summed E-state index contributed by atoms with van der Waals surface area (Å²) in [5, 5.41) is 0. The van der Waals surface area contributed by atoms with Crippen LogP contribution in [0.25, 0.3) is 0 Å². The van der Waals surface area contributed by atoms with Crippen molar-refractivity contribution in [3.05, 3.63) is 24.3 Å². The standard InChI is InChI=1S/C11H17N3O2S/c1-2-16-11(15)9(12)4-7-17-8-10-13-5-3-6-14-10/h3,5-6,9H,2,4,7-8,12H2,1H3. The molecule has 1 aromatic heterocycles. The lowest BCUT2D eigenvalue weighted by atomic mass is 10.2. The molecular weight excluding hydrogens is 238 g/mol. The van der Waals surface area contributed by atoms with E-state index in [4.69, 9.17) is 10.5 Å². The van der Waals surface area contributed by atoms with Crippen LogP contribution in [0.15, 0.2) is 18.5 Å². The molecule has 0 spiro atoms. The van der Waals surface area contributed by atoms with E-state index in [-0.39, 0.29) is 5.97 Å². The maximum absolute atomic E-state index is 11.2. The van der Waals surface area contributed by atoms with Crippen LogP contribution < -0.4 is 5.73 Å². The fraction of sp³-hybridized carbons (Fsp3) is 0.545. The number of nitrogens with two attached hydrogens (primary N) is 1. The molecule has 0 aliphatic rings. The van der Waals surface area contributed by atoms with E-state index in [1.54, 1.807) is 37.1 Å². The number of hydrogen-bond acceptors (Lipinski definition) is 6. The number of carbonyl (C=O) groups is 1. The van der Waals surface area contributed by atoms with Gasteiger partial charge in [0.05, 0.1) is 12.4 Å². The summed E-state index contributed by atoms with van der Waals surface area (Å²) in [4.78, 5) is 19.4. The Bertz CT molecular complexity index is 335. The molecule has 17 heavy (non-hydrogen) atoms. The lowest BCUT2D eigenvalue weighted by molar-refractivity contribution is -0.144. The Morgan fingerprint density at radius 2 is 2.24 bits per heavy atom. The molecule has 0 amide bonds. The molecule has 94 valence electrons. The van der Waals surface area contributed by atoms with Gasteiger partial charge in [-0.1, -0.05) is 0 Å². The predicted molar refractivity (Wildman–Crippen MR) is 67.4 cm³/mol. The summed E-state index contributed by atoms with van der Waals surface area (Å²) in [6.45, 7) is 2.14. The van der Waals surface area contributed by atoms with Crippen LogP contribution in [0.4, 0.5) is 0 Å². The normalized spacial score (nSPS) is 12.1. The molecule has 0 bridgehead atoms. The maximum Gasteiger partial charge on any atom is 0.322 e. The van der Waals surface area contributed by atoms with Crippen molar-refractivity contribution in [2.24, 2.45) is 5.73 Å². The molecule has 1 heterocycles. The van der Waals surface area contributed by atoms with Crippen LogP contribution >= 0.6 is 11.8 Å². The van der Waals surface area contributed by atoms with Crippen molar-refractivity contribution in [3.8, 4) is 0 Å². The fourth-order valence-electron chi connectivity index (χ4n) is 1.15. The second-order valence-corrected chi connectivity index (χ2v) is 4.47. The van der Waals surface area contributed by atoms with Gasteiger partial charge in [0.15, 0.2) is 0 Å². The summed E-state index contributed by atoms with van der Waals surface area (Å²) >= 11 is 1.66. The van der Waals surface area contributed by atoms with E-state index in [1.807, 2.05) is 0 Å². The molecule has 1 aromatic rings. The van der Waals surface area contributed by atoms with Crippen molar-refractivity contribution in [3.63, 3.8) is 0 Å². The lowest BCUT2D eigenvalue weighted by Gasteiger charge is -2.09. The minimum atomic E-state index is -0.529. The van der Waals surface area contributed by atoms with Crippen LogP contribution in [-0.2, 0) is 15.3 Å². The third kappa shape index (κ3) is 5.65. The molecule has 1 unspecified atom stereocenters. The van der Waals surface area contributed by atoms with E-state index in [1.165, 1.54) is 0 Å². The van der Waals surface area contributed by atoms with E-state index in [2.05, 4.69) is 9.97 Å². The van der Waals surface area contributed by atoms with Crippen molar-refractivity contribution in [2.45, 2.75) is 25.1 Å². The summed E-state index contributed by atoms with van der Waals surface area (Å²) < 4.78 is 4.82. The Balaban J connectivity index is 2.14. The number of carbonyl (C=O) groups excluding carboxylic acids is 1. The number of rotatable bonds is 7. The topological polar surface area (TPSA) is 78.1 Å². The molecule has 1 atom stereocenters. The van der Waals surface area contributed by atoms with Crippen LogP contribution in [-0.4, -0.2) is 34.3 Å². The van der Waals surface area contributed by atoms with Gasteiger partial charge in [-0.25, -0.2) is 9.97 Å². The van der Waals surface area contributed by atoms with Crippen LogP contribution in [0, 0.1) is 0 Å². The molecule has 1 rings (SSSR count). The molecule has 0 aliphatic carbocycles. The van der Waals surface area contributed by atoms with Crippen LogP contribution in [0.1, 0.15) is 19.2 Å². The van der Waals surface area contributed by atoms with Gasteiger partial charge in [-0.2, -0.15) is 11.8 Å². The number of nitrogens with zero attached hydrogens (tertiary/aromatic N) is 2. The van der Waals surface area contributed by atoms with Crippen LogP contribution in [0.5, 0.6) is 0 Å². The Hall–Kier alpha value is -1.14. The van der Waals surface area contributed by atoms with E-state index in [0.717, 1.165) is 17.3 Å². The SMILES string of the molecule is CCOC(=O)C(N)CCSCc1ncccn1. The molecule has 2 N–H and O–H groups in total. The first-order chi connectivity index (χ1) is 8.24. The average molecular weight is 255 g/mol. The van der Waals surface area contributed by atoms with Gasteiger partial charge in [-0.05, 0) is 25.2 Å². The highest BCUT2D eigenvalue weighted by molar-refractivity contribution is 7.98. The fourth-order valence-corrected chi connectivity index (χ4v) is 2.04. The Labute approximate surface area is 105 Å². The minimum Gasteiger partial charge on any atom is -0.465 e. The highest BCUT2D eigenvalue weighted by Crippen LogP contribution is 2.10. The zero-order chi connectivity index (χ0) is 12.5. The number of ether oxygens (including phenoxy) is 1. The first-order valence-corrected chi connectivity index (χ1v) is 6.65. The maximum atomic E-state index is 11.2. The second kappa shape index (κ2) is 8.03. The van der Waals surface area contributed by atoms with Gasteiger partial charge < -0.3 is 10.5 Å². The van der Waals surface area contributed by atoms with Gasteiger partial charge in [0.2, 0.25) is 0 Å². The van der Waals surface area contributed by atoms with E-state index >= 15 is 0 Å². The zero-order valence-electron chi connectivity index (χ0n) is 9.83. The predicted octanol–water partition coefficient (Wildman–Crippen LogP) is 0.990. The molecule has 0 saturated heterocycles. The van der Waals surface area contributed by atoms with E-state index < -0.39 is 6.04 Å². The molecule has 0 aromatic carbocycles. The largest absolute Gasteiger partial charge is 0.465 e. The first-order valence-electron chi connectivity index (χ1n) is 5.50. The molecule has 0 fully saturated rings. The van der Waals surface area contributed by atoms with Gasteiger partial charge in [-0.3, -0.25) is 4.79 Å². The Morgan fingerprint density at radius 3 is 2.88 bits per heavy atom. The quantitative estimate of drug-likeness (QED) is 0.578. The first kappa shape index (κ1) is 13.9. The summed E-state index contributed by atoms with van der Waals surface area (Å²) in [6.07, 6.45) is 4.04. The molecule has 0 radical (unpaired) electrons. The highest BCUT2D eigenvalue weighted by atomic mass is 32.2. The van der Waals surface area contributed by atoms with Gasteiger partial charge in [0.1, 0.15) is 11.9 Å². The molecule has 6 heteroatoms. The van der Waals surface area contributed by atoms with Gasteiger partial charge in [-0.15, -0.1) is 0 Å². The second-order valence-electron chi connectivity index (χ2n) is 3.36. The zero-order valence-corrected chi connectivity index (χ0v) is 10.7. The monoisotopic (exact) mass is 255 g/mol. The number of thioether (sulfide) groups is 1. The molecular formula is C11H17N3O2S. The number of esters is 1. The summed E-state index contributed by atoms with van der Waals surface area (Å²) in [6, 6.07) is 1.25. The summed E-state index contributed by atoms with van der Waals surface area (Å²) in [5.74, 6) is 1.99. The number of hydrogen-bond donors (Lipinski definition) is 1. The smallest absolute Gasteiger partial charge is 0.322 e. The Morgan fingerprint density at radius 1 is 1.53 bits per heavy atom. The minimum absolute atomic E-state index is 0.330. The van der Waals surface area contributed by atoms with Gasteiger partial charge in [0.25, 0.3) is 0 Å². The van der Waals surface area contributed by atoms with E-state index in [0.29, 0.717) is 13.0 Å². The number of aromatic nitrogens is 2. The van der Waals surface area contributed by atoms with Crippen LogP contribution in [0.2, 0.25) is 0 Å². The van der Waals surface area contributed by atoms with Gasteiger partial charge in [0, 0.05) is 12.4 Å². The Kier molecular flexibility index (Phi) is 6.57. The molecule has 5 nitrogen and oxygen atoms in total. The average Bonchev–Trinajstić information content (AvgIpc) is 2.36. The van der Waals surface area contributed by atoms with Crippen molar-refractivity contribution >= 4 is 17.7 Å². The summed E-state index contributed by atoms with van der Waals surface area (Å²) in [7, 11) is 0. The van der Waals surface area contributed by atoms with E-state index in [9.17, 15) is 4.79 Å². The lowest BCUT2D eigenvalue weighted by Crippen LogP contribution is -2.32. The van der Waals surface area contributed by atoms with Crippen molar-refractivity contribution < 1.29 is 9.53 Å². The van der Waals surface area contributed by atoms with Crippen molar-refractivity contribution in [1.29, 1.82) is 0 Å². The van der Waals surface area contributed by atoms with Crippen LogP contribution in [0.3, 0.4) is 0 Å². The molecule has 0 aliphatic heterocycles. The summed E-state index contributed by atoms with van der Waals surface area (Å²) in [5.41, 5.74) is 5.66. The van der Waals surface area contributed by atoms with Crippen molar-refractivity contribution in [2.75, 3.05) is 12.4 Å². The third-order valence-corrected chi connectivity index (χ3v) is 3.00.